The van der Waals surface area contributed by atoms with Gasteiger partial charge in [0.05, 0.1) is 25.2 Å². The van der Waals surface area contributed by atoms with E-state index in [-0.39, 0.29) is 35.1 Å². The largest absolute Gasteiger partial charge is 0.496 e. The van der Waals surface area contributed by atoms with E-state index < -0.39 is 11.6 Å². The van der Waals surface area contributed by atoms with E-state index >= 15 is 0 Å². The lowest BCUT2D eigenvalue weighted by atomic mass is 9.52. The molecule has 0 unspecified atom stereocenters. The number of carbonyl (C=O) groups excluding carboxylic acids is 2. The Morgan fingerprint density at radius 1 is 1.02 bits per heavy atom. The highest BCUT2D eigenvalue weighted by Crippen LogP contribution is 2.55. The molecule has 2 aromatic carbocycles. The molecule has 4 aromatic rings. The zero-order chi connectivity index (χ0) is 30.6. The Morgan fingerprint density at radius 3 is 2.45 bits per heavy atom. The standard InChI is InChI=1S/C35H35N3O6/c1-43-28-16-22(33(40)37-29-23-13-20-14-24(29)19-35(42,17-20)18-23)11-10-21(28)15-27-30(34(41)44-2)38(25-7-4-3-5-8-25)32-26(31(27)39)9-6-12-36-32/h3-12,16,20,23-24,29,42H,13-15,17-19H2,1-2H3,(H,37,40)/t20-,23-,24+,29-,35-. The van der Waals surface area contributed by atoms with Gasteiger partial charge >= 0.3 is 5.97 Å². The number of nitrogens with one attached hydrogen (secondary N) is 1. The molecule has 226 valence electrons. The van der Waals surface area contributed by atoms with Gasteiger partial charge < -0.3 is 19.9 Å². The van der Waals surface area contributed by atoms with Gasteiger partial charge in [-0.25, -0.2) is 9.78 Å². The Labute approximate surface area is 254 Å². The predicted octanol–water partition coefficient (Wildman–Crippen LogP) is 4.44. The van der Waals surface area contributed by atoms with Crippen molar-refractivity contribution < 1.29 is 24.2 Å². The molecule has 0 saturated heterocycles. The number of ether oxygens (including phenoxy) is 2. The summed E-state index contributed by atoms with van der Waals surface area (Å²) in [6, 6.07) is 17.9. The summed E-state index contributed by atoms with van der Waals surface area (Å²) < 4.78 is 12.6. The highest BCUT2D eigenvalue weighted by Gasteiger charge is 2.55. The summed E-state index contributed by atoms with van der Waals surface area (Å²) in [5.74, 6) is 0.730. The van der Waals surface area contributed by atoms with Crippen LogP contribution in [0.1, 0.15) is 64.1 Å². The third-order valence-electron chi connectivity index (χ3n) is 9.87. The summed E-state index contributed by atoms with van der Waals surface area (Å²) in [5.41, 5.74) is 1.54. The number of carbonyl (C=O) groups is 2. The van der Waals surface area contributed by atoms with E-state index in [1.807, 2.05) is 30.3 Å². The highest BCUT2D eigenvalue weighted by atomic mass is 16.5. The molecule has 2 heterocycles. The van der Waals surface area contributed by atoms with Crippen LogP contribution in [0.25, 0.3) is 16.7 Å². The molecule has 1 amide bonds. The zero-order valence-corrected chi connectivity index (χ0v) is 24.8. The van der Waals surface area contributed by atoms with Crippen LogP contribution in [0.4, 0.5) is 0 Å². The minimum absolute atomic E-state index is 0.0512. The van der Waals surface area contributed by atoms with Crippen molar-refractivity contribution in [1.29, 1.82) is 0 Å². The van der Waals surface area contributed by atoms with Crippen LogP contribution in [0, 0.1) is 17.8 Å². The van der Waals surface area contributed by atoms with Gasteiger partial charge in [0.2, 0.25) is 0 Å². The molecule has 0 radical (unpaired) electrons. The number of esters is 1. The maximum atomic E-state index is 13.9. The minimum Gasteiger partial charge on any atom is -0.496 e. The lowest BCUT2D eigenvalue weighted by Gasteiger charge is -2.58. The van der Waals surface area contributed by atoms with Gasteiger partial charge in [-0.2, -0.15) is 0 Å². The van der Waals surface area contributed by atoms with Gasteiger partial charge in [0.25, 0.3) is 5.91 Å². The Morgan fingerprint density at radius 2 is 1.77 bits per heavy atom. The van der Waals surface area contributed by atoms with Gasteiger partial charge in [0, 0.05) is 35.5 Å². The fraction of sp³-hybridized carbons (Fsp3) is 0.371. The van der Waals surface area contributed by atoms with Crippen LogP contribution in [0.3, 0.4) is 0 Å². The fourth-order valence-electron chi connectivity index (χ4n) is 8.24. The molecule has 4 bridgehead atoms. The first kappa shape index (κ1) is 28.3. The summed E-state index contributed by atoms with van der Waals surface area (Å²) in [5, 5.41) is 14.6. The van der Waals surface area contributed by atoms with E-state index in [9.17, 15) is 19.5 Å². The molecular formula is C35H35N3O6. The third kappa shape index (κ3) is 4.76. The smallest absolute Gasteiger partial charge is 0.355 e. The summed E-state index contributed by atoms with van der Waals surface area (Å²) in [7, 11) is 2.80. The highest BCUT2D eigenvalue weighted by molar-refractivity contribution is 5.96. The van der Waals surface area contributed by atoms with Crippen molar-refractivity contribution in [3.05, 3.63) is 99.5 Å². The average molecular weight is 594 g/mol. The Hall–Kier alpha value is -4.50. The summed E-state index contributed by atoms with van der Waals surface area (Å²) in [6.07, 6.45) is 6.14. The normalized spacial score (nSPS) is 25.2. The number of hydrogen-bond donors (Lipinski definition) is 2. The summed E-state index contributed by atoms with van der Waals surface area (Å²) in [4.78, 5) is 45.2. The van der Waals surface area contributed by atoms with Gasteiger partial charge in [-0.05, 0) is 91.8 Å². The number of aromatic nitrogens is 2. The van der Waals surface area contributed by atoms with Crippen LogP contribution in [0.5, 0.6) is 5.75 Å². The molecule has 5 atom stereocenters. The predicted molar refractivity (Wildman–Crippen MR) is 164 cm³/mol. The van der Waals surface area contributed by atoms with E-state index in [0.717, 1.165) is 32.1 Å². The van der Waals surface area contributed by atoms with Crippen LogP contribution in [-0.4, -0.2) is 52.4 Å². The Bertz CT molecular complexity index is 1820. The first-order valence-electron chi connectivity index (χ1n) is 15.1. The topological polar surface area (TPSA) is 120 Å². The molecule has 9 heteroatoms. The molecule has 0 aliphatic heterocycles. The summed E-state index contributed by atoms with van der Waals surface area (Å²) >= 11 is 0. The maximum absolute atomic E-state index is 13.9. The zero-order valence-electron chi connectivity index (χ0n) is 24.8. The fourth-order valence-corrected chi connectivity index (χ4v) is 8.24. The van der Waals surface area contributed by atoms with Crippen molar-refractivity contribution >= 4 is 22.9 Å². The molecule has 8 rings (SSSR count). The number of rotatable bonds is 7. The van der Waals surface area contributed by atoms with E-state index in [4.69, 9.17) is 9.47 Å². The second-order valence-electron chi connectivity index (χ2n) is 12.6. The molecule has 4 saturated carbocycles. The molecule has 9 nitrogen and oxygen atoms in total. The molecule has 4 aliphatic rings. The second kappa shape index (κ2) is 10.9. The van der Waals surface area contributed by atoms with Crippen LogP contribution in [-0.2, 0) is 11.2 Å². The molecule has 2 N–H and O–H groups in total. The molecular weight excluding hydrogens is 558 g/mol. The molecule has 4 fully saturated rings. The molecule has 2 aromatic heterocycles. The van der Waals surface area contributed by atoms with Gasteiger partial charge in [0.1, 0.15) is 17.1 Å². The molecule has 0 spiro atoms. The lowest BCUT2D eigenvalue weighted by Crippen LogP contribution is -2.61. The number of amides is 1. The number of nitrogens with zero attached hydrogens (tertiary/aromatic N) is 2. The number of fused-ring (bicyclic) bond motifs is 1. The SMILES string of the molecule is COC(=O)c1c(Cc2ccc(C(=O)N[C@@H]3[C@@H]4C[C@@H]5C[C@H]3C[C@@](O)(C5)C4)cc2OC)c(=O)c2cccnc2n1-c1ccccc1. The van der Waals surface area contributed by atoms with Crippen molar-refractivity contribution in [3.8, 4) is 11.4 Å². The number of hydrogen-bond acceptors (Lipinski definition) is 7. The van der Waals surface area contributed by atoms with Gasteiger partial charge in [-0.3, -0.25) is 14.2 Å². The monoisotopic (exact) mass is 593 g/mol. The van der Waals surface area contributed by atoms with Crippen LogP contribution in [0.15, 0.2) is 71.7 Å². The second-order valence-corrected chi connectivity index (χ2v) is 12.6. The number of para-hydroxylation sites is 1. The van der Waals surface area contributed by atoms with Crippen molar-refractivity contribution in [1.82, 2.24) is 14.9 Å². The van der Waals surface area contributed by atoms with Gasteiger partial charge in [0.15, 0.2) is 5.43 Å². The number of aliphatic hydroxyl groups is 1. The van der Waals surface area contributed by atoms with Crippen LogP contribution in [0.2, 0.25) is 0 Å². The van der Waals surface area contributed by atoms with Crippen molar-refractivity contribution in [2.45, 2.75) is 50.2 Å². The van der Waals surface area contributed by atoms with E-state index in [2.05, 4.69) is 10.3 Å². The quantitative estimate of drug-likeness (QED) is 0.304. The number of benzene rings is 2. The lowest BCUT2D eigenvalue weighted by molar-refractivity contribution is -0.136. The minimum atomic E-state index is -0.663. The Balaban J connectivity index is 1.25. The van der Waals surface area contributed by atoms with Gasteiger partial charge in [-0.15, -0.1) is 0 Å². The van der Waals surface area contributed by atoms with Crippen molar-refractivity contribution in [3.63, 3.8) is 0 Å². The average Bonchev–Trinajstić information content (AvgIpc) is 3.03. The van der Waals surface area contributed by atoms with Crippen molar-refractivity contribution in [2.75, 3.05) is 14.2 Å². The van der Waals surface area contributed by atoms with Crippen LogP contribution < -0.4 is 15.5 Å². The Kier molecular flexibility index (Phi) is 7.00. The van der Waals surface area contributed by atoms with E-state index in [1.54, 1.807) is 41.1 Å². The van der Waals surface area contributed by atoms with E-state index in [1.165, 1.54) is 14.2 Å². The first-order valence-corrected chi connectivity index (χ1v) is 15.1. The number of methoxy groups -OCH3 is 2. The molecule has 44 heavy (non-hydrogen) atoms. The van der Waals surface area contributed by atoms with Crippen molar-refractivity contribution in [2.24, 2.45) is 17.8 Å². The first-order chi connectivity index (χ1) is 21.3. The summed E-state index contributed by atoms with van der Waals surface area (Å²) in [6.45, 7) is 0. The van der Waals surface area contributed by atoms with E-state index in [0.29, 0.717) is 51.4 Å². The third-order valence-corrected chi connectivity index (χ3v) is 9.87. The maximum Gasteiger partial charge on any atom is 0.355 e. The van der Waals surface area contributed by atoms with Crippen LogP contribution >= 0.6 is 0 Å². The molecule has 4 aliphatic carbocycles. The number of pyridine rings is 2. The van der Waals surface area contributed by atoms with Gasteiger partial charge in [-0.1, -0.05) is 24.3 Å².